The van der Waals surface area contributed by atoms with Gasteiger partial charge in [-0.2, -0.15) is 0 Å². The maximum absolute atomic E-state index is 5.56. The number of aromatic nitrogens is 1. The van der Waals surface area contributed by atoms with E-state index in [1.165, 1.54) is 11.1 Å². The lowest BCUT2D eigenvalue weighted by molar-refractivity contribution is 0.0170. The van der Waals surface area contributed by atoms with E-state index in [2.05, 4.69) is 70.7 Å². The maximum Gasteiger partial charge on any atom is 0.191 e. The zero-order valence-corrected chi connectivity index (χ0v) is 18.7. The van der Waals surface area contributed by atoms with Crippen molar-refractivity contribution in [2.45, 2.75) is 46.2 Å². The third-order valence-electron chi connectivity index (χ3n) is 5.67. The lowest BCUT2D eigenvalue weighted by Crippen LogP contribution is -2.46. The zero-order valence-electron chi connectivity index (χ0n) is 18.7. The molecule has 3 rings (SSSR count). The minimum Gasteiger partial charge on any atom is -0.379 e. The number of guanidine groups is 1. The molecule has 0 bridgehead atoms. The maximum atomic E-state index is 5.56. The Balaban J connectivity index is 1.65. The summed E-state index contributed by atoms with van der Waals surface area (Å²) >= 11 is 0. The molecule has 1 atom stereocenters. The van der Waals surface area contributed by atoms with Crippen molar-refractivity contribution in [2.24, 2.45) is 4.99 Å². The third kappa shape index (κ3) is 5.61. The molecule has 164 valence electrons. The molecule has 1 fully saturated rings. The van der Waals surface area contributed by atoms with Crippen LogP contribution in [0.15, 0.2) is 33.8 Å². The van der Waals surface area contributed by atoms with Crippen LogP contribution in [-0.2, 0) is 24.1 Å². The molecule has 2 heterocycles. The first kappa shape index (κ1) is 22.3. The SMILES string of the molecule is CCc1noc(CC)c1CNC(=NC)NCC(c1ccc(C)cc1)N1CCOCC1. The Morgan fingerprint density at radius 1 is 1.13 bits per heavy atom. The molecule has 7 nitrogen and oxygen atoms in total. The topological polar surface area (TPSA) is 74.9 Å². The van der Waals surface area contributed by atoms with Crippen molar-refractivity contribution in [3.8, 4) is 0 Å². The second kappa shape index (κ2) is 11.1. The first-order valence-electron chi connectivity index (χ1n) is 10.9. The van der Waals surface area contributed by atoms with Crippen molar-refractivity contribution in [3.05, 3.63) is 52.4 Å². The Morgan fingerprint density at radius 2 is 1.87 bits per heavy atom. The monoisotopic (exact) mass is 413 g/mol. The van der Waals surface area contributed by atoms with Gasteiger partial charge in [-0.15, -0.1) is 0 Å². The van der Waals surface area contributed by atoms with Crippen LogP contribution in [0.25, 0.3) is 0 Å². The summed E-state index contributed by atoms with van der Waals surface area (Å²) in [5.74, 6) is 1.73. The van der Waals surface area contributed by atoms with Crippen molar-refractivity contribution in [1.29, 1.82) is 0 Å². The number of nitrogens with zero attached hydrogens (tertiary/aromatic N) is 3. The highest BCUT2D eigenvalue weighted by atomic mass is 16.5. The lowest BCUT2D eigenvalue weighted by Gasteiger charge is -2.35. The normalized spacial score (nSPS) is 16.5. The molecule has 1 aliphatic rings. The molecule has 2 aromatic rings. The summed E-state index contributed by atoms with van der Waals surface area (Å²) in [6.07, 6.45) is 1.70. The average molecular weight is 414 g/mol. The van der Waals surface area contributed by atoms with E-state index in [1.54, 1.807) is 7.05 Å². The summed E-state index contributed by atoms with van der Waals surface area (Å²) in [5, 5.41) is 11.2. The van der Waals surface area contributed by atoms with Gasteiger partial charge in [-0.25, -0.2) is 0 Å². The second-order valence-electron chi connectivity index (χ2n) is 7.62. The first-order chi connectivity index (χ1) is 14.7. The molecule has 7 heteroatoms. The molecule has 0 radical (unpaired) electrons. The summed E-state index contributed by atoms with van der Waals surface area (Å²) in [6.45, 7) is 11.2. The van der Waals surface area contributed by atoms with Crippen molar-refractivity contribution in [3.63, 3.8) is 0 Å². The fourth-order valence-electron chi connectivity index (χ4n) is 3.86. The number of aliphatic imine (C=N–C) groups is 1. The molecule has 1 aromatic heterocycles. The fourth-order valence-corrected chi connectivity index (χ4v) is 3.86. The number of hydrogen-bond acceptors (Lipinski definition) is 5. The highest BCUT2D eigenvalue weighted by Gasteiger charge is 2.23. The molecule has 0 spiro atoms. The van der Waals surface area contributed by atoms with Gasteiger partial charge >= 0.3 is 0 Å². The highest BCUT2D eigenvalue weighted by Crippen LogP contribution is 2.22. The molecule has 30 heavy (non-hydrogen) atoms. The van der Waals surface area contributed by atoms with E-state index in [9.17, 15) is 0 Å². The van der Waals surface area contributed by atoms with Gasteiger partial charge in [0.05, 0.1) is 24.9 Å². The van der Waals surface area contributed by atoms with Crippen LogP contribution in [0.4, 0.5) is 0 Å². The Kier molecular flexibility index (Phi) is 8.28. The summed E-state index contributed by atoms with van der Waals surface area (Å²) in [6, 6.07) is 9.08. The summed E-state index contributed by atoms with van der Waals surface area (Å²) in [4.78, 5) is 6.91. The van der Waals surface area contributed by atoms with Crippen molar-refractivity contribution in [2.75, 3.05) is 39.9 Å². The number of benzene rings is 1. The van der Waals surface area contributed by atoms with Crippen LogP contribution in [0.1, 0.15) is 48.0 Å². The summed E-state index contributed by atoms with van der Waals surface area (Å²) in [5.41, 5.74) is 4.75. The van der Waals surface area contributed by atoms with Gasteiger partial charge < -0.3 is 19.9 Å². The largest absolute Gasteiger partial charge is 0.379 e. The van der Waals surface area contributed by atoms with E-state index in [-0.39, 0.29) is 6.04 Å². The van der Waals surface area contributed by atoms with E-state index in [4.69, 9.17) is 9.26 Å². The molecule has 1 aromatic carbocycles. The first-order valence-corrected chi connectivity index (χ1v) is 10.9. The van der Waals surface area contributed by atoms with E-state index in [1.807, 2.05) is 0 Å². The molecule has 2 N–H and O–H groups in total. The van der Waals surface area contributed by atoms with Gasteiger partial charge in [-0.05, 0) is 18.9 Å². The Labute approximate surface area is 179 Å². The van der Waals surface area contributed by atoms with Gasteiger partial charge in [0.1, 0.15) is 5.76 Å². The standard InChI is InChI=1S/C23H35N5O2/c1-5-20-19(22(6-2)30-27-20)15-25-23(24-4)26-16-21(28-11-13-29-14-12-28)18-9-7-17(3)8-10-18/h7-10,21H,5-6,11-16H2,1-4H3,(H2,24,25,26). The number of ether oxygens (including phenoxy) is 1. The van der Waals surface area contributed by atoms with Crippen molar-refractivity contribution >= 4 is 5.96 Å². The quantitative estimate of drug-likeness (QED) is 0.512. The van der Waals surface area contributed by atoms with Gasteiger partial charge in [0, 0.05) is 45.2 Å². The number of morpholine rings is 1. The van der Waals surface area contributed by atoms with Gasteiger partial charge in [0.25, 0.3) is 0 Å². The smallest absolute Gasteiger partial charge is 0.191 e. The van der Waals surface area contributed by atoms with E-state index in [0.29, 0.717) is 6.54 Å². The molecule has 0 saturated carbocycles. The van der Waals surface area contributed by atoms with Crippen LogP contribution in [-0.4, -0.2) is 55.9 Å². The number of hydrogen-bond donors (Lipinski definition) is 2. The highest BCUT2D eigenvalue weighted by molar-refractivity contribution is 5.79. The fraction of sp³-hybridized carbons (Fsp3) is 0.565. The predicted octanol–water partition coefficient (Wildman–Crippen LogP) is 2.85. The number of nitrogens with one attached hydrogen (secondary N) is 2. The van der Waals surface area contributed by atoms with Crippen LogP contribution >= 0.6 is 0 Å². The zero-order chi connectivity index (χ0) is 21.3. The second-order valence-corrected chi connectivity index (χ2v) is 7.62. The van der Waals surface area contributed by atoms with Gasteiger partial charge in [-0.1, -0.05) is 48.8 Å². The Bertz CT molecular complexity index is 788. The predicted molar refractivity (Wildman–Crippen MR) is 120 cm³/mol. The molecule has 1 saturated heterocycles. The lowest BCUT2D eigenvalue weighted by atomic mass is 10.0. The molecular formula is C23H35N5O2. The van der Waals surface area contributed by atoms with E-state index < -0.39 is 0 Å². The van der Waals surface area contributed by atoms with E-state index >= 15 is 0 Å². The van der Waals surface area contributed by atoms with Crippen molar-refractivity contribution in [1.82, 2.24) is 20.7 Å². The number of aryl methyl sites for hydroxylation is 3. The van der Waals surface area contributed by atoms with Crippen LogP contribution in [0.3, 0.4) is 0 Å². The van der Waals surface area contributed by atoms with Gasteiger partial charge in [0.2, 0.25) is 0 Å². The van der Waals surface area contributed by atoms with Gasteiger partial charge in [0.15, 0.2) is 5.96 Å². The summed E-state index contributed by atoms with van der Waals surface area (Å²) < 4.78 is 11.0. The van der Waals surface area contributed by atoms with Crippen LogP contribution < -0.4 is 10.6 Å². The van der Waals surface area contributed by atoms with Crippen molar-refractivity contribution < 1.29 is 9.26 Å². The van der Waals surface area contributed by atoms with E-state index in [0.717, 1.165) is 68.7 Å². The third-order valence-corrected chi connectivity index (χ3v) is 5.67. The molecule has 1 aliphatic heterocycles. The van der Waals surface area contributed by atoms with Crippen LogP contribution in [0.5, 0.6) is 0 Å². The van der Waals surface area contributed by atoms with Crippen LogP contribution in [0.2, 0.25) is 0 Å². The molecule has 1 unspecified atom stereocenters. The number of rotatable bonds is 8. The Hall–Kier alpha value is -2.38. The minimum absolute atomic E-state index is 0.265. The van der Waals surface area contributed by atoms with Crippen LogP contribution in [0, 0.1) is 6.92 Å². The molecule has 0 amide bonds. The summed E-state index contributed by atoms with van der Waals surface area (Å²) in [7, 11) is 1.81. The molecular weight excluding hydrogens is 378 g/mol. The average Bonchev–Trinajstić information content (AvgIpc) is 3.19. The minimum atomic E-state index is 0.265. The molecule has 0 aliphatic carbocycles. The Morgan fingerprint density at radius 3 is 2.50 bits per heavy atom. The van der Waals surface area contributed by atoms with Gasteiger partial charge in [-0.3, -0.25) is 9.89 Å².